The zero-order valence-electron chi connectivity index (χ0n) is 13.9. The Hall–Kier alpha value is -0.390. The van der Waals surface area contributed by atoms with Crippen molar-refractivity contribution in [2.24, 2.45) is 4.99 Å². The normalized spacial score (nSPS) is 17.4. The molecule has 0 aromatic heterocycles. The fourth-order valence-corrected chi connectivity index (χ4v) is 4.52. The summed E-state index contributed by atoms with van der Waals surface area (Å²) in [5, 5.41) is 3.23. The molecule has 1 fully saturated rings. The summed E-state index contributed by atoms with van der Waals surface area (Å²) in [4.78, 5) is 6.27. The molecule has 0 radical (unpaired) electrons. The summed E-state index contributed by atoms with van der Waals surface area (Å²) in [7, 11) is 0.655. The molecular formula is C15H24BrIN4O2S. The Morgan fingerprint density at radius 2 is 2.12 bits per heavy atom. The molecule has 1 aliphatic rings. The number of hydrogen-bond acceptors (Lipinski definition) is 3. The molecule has 0 atom stereocenters. The van der Waals surface area contributed by atoms with Gasteiger partial charge in [0.1, 0.15) is 0 Å². The van der Waals surface area contributed by atoms with E-state index < -0.39 is 10.0 Å². The first-order chi connectivity index (χ1) is 10.9. The zero-order chi connectivity index (χ0) is 16.9. The SMILES string of the molecule is CN=C(NCCN1CCCS1(=O)=O)N(C)Cc1ccccc1Br.I. The Balaban J connectivity index is 0.00000288. The number of guanidine groups is 1. The first-order valence-corrected chi connectivity index (χ1v) is 9.97. The van der Waals surface area contributed by atoms with Gasteiger partial charge >= 0.3 is 0 Å². The van der Waals surface area contributed by atoms with E-state index in [-0.39, 0.29) is 29.7 Å². The molecule has 0 saturated carbocycles. The van der Waals surface area contributed by atoms with E-state index in [1.54, 1.807) is 11.4 Å². The van der Waals surface area contributed by atoms with Gasteiger partial charge in [0.2, 0.25) is 10.0 Å². The average Bonchev–Trinajstić information content (AvgIpc) is 2.84. The van der Waals surface area contributed by atoms with E-state index in [1.165, 1.54) is 5.56 Å². The van der Waals surface area contributed by atoms with Gasteiger partial charge in [-0.2, -0.15) is 0 Å². The van der Waals surface area contributed by atoms with Crippen molar-refractivity contribution in [1.82, 2.24) is 14.5 Å². The molecule has 0 unspecified atom stereocenters. The molecule has 0 amide bonds. The monoisotopic (exact) mass is 530 g/mol. The van der Waals surface area contributed by atoms with Crippen molar-refractivity contribution in [3.63, 3.8) is 0 Å². The maximum atomic E-state index is 11.8. The van der Waals surface area contributed by atoms with E-state index in [0.717, 1.165) is 16.9 Å². The minimum absolute atomic E-state index is 0. The van der Waals surface area contributed by atoms with Gasteiger partial charge in [-0.15, -0.1) is 24.0 Å². The van der Waals surface area contributed by atoms with Crippen LogP contribution in [0.5, 0.6) is 0 Å². The lowest BCUT2D eigenvalue weighted by Crippen LogP contribution is -2.42. The third kappa shape index (κ3) is 5.85. The summed E-state index contributed by atoms with van der Waals surface area (Å²) in [6.07, 6.45) is 0.721. The number of benzene rings is 1. The van der Waals surface area contributed by atoms with Crippen molar-refractivity contribution in [1.29, 1.82) is 0 Å². The number of hydrogen-bond donors (Lipinski definition) is 1. The van der Waals surface area contributed by atoms with Gasteiger partial charge in [-0.1, -0.05) is 34.1 Å². The lowest BCUT2D eigenvalue weighted by Gasteiger charge is -2.23. The Kier molecular flexibility index (Phi) is 8.96. The van der Waals surface area contributed by atoms with Crippen LogP contribution in [0.1, 0.15) is 12.0 Å². The predicted octanol–water partition coefficient (Wildman–Crippen LogP) is 2.11. The van der Waals surface area contributed by atoms with Crippen molar-refractivity contribution in [2.45, 2.75) is 13.0 Å². The van der Waals surface area contributed by atoms with Crippen LogP contribution in [0.3, 0.4) is 0 Å². The fourth-order valence-electron chi connectivity index (χ4n) is 2.58. The summed E-state index contributed by atoms with van der Waals surface area (Å²) in [5.74, 6) is 1.02. The first-order valence-electron chi connectivity index (χ1n) is 7.57. The highest BCUT2D eigenvalue weighted by Crippen LogP contribution is 2.17. The van der Waals surface area contributed by atoms with Gasteiger partial charge in [0.25, 0.3) is 0 Å². The van der Waals surface area contributed by atoms with Crippen LogP contribution in [0.4, 0.5) is 0 Å². The Morgan fingerprint density at radius 3 is 2.71 bits per heavy atom. The number of rotatable bonds is 5. The van der Waals surface area contributed by atoms with Crippen molar-refractivity contribution in [2.75, 3.05) is 39.5 Å². The molecule has 2 rings (SSSR count). The molecule has 0 bridgehead atoms. The molecular weight excluding hydrogens is 507 g/mol. The van der Waals surface area contributed by atoms with E-state index in [1.807, 2.05) is 30.1 Å². The smallest absolute Gasteiger partial charge is 0.214 e. The van der Waals surface area contributed by atoms with Gasteiger partial charge in [-0.3, -0.25) is 4.99 Å². The number of aliphatic imine (C=N–C) groups is 1. The summed E-state index contributed by atoms with van der Waals surface area (Å²) < 4.78 is 26.1. The van der Waals surface area contributed by atoms with Gasteiger partial charge in [-0.05, 0) is 18.1 Å². The minimum atomic E-state index is -3.03. The molecule has 1 heterocycles. The molecule has 1 aromatic rings. The quantitative estimate of drug-likeness (QED) is 0.360. The second-order valence-electron chi connectivity index (χ2n) is 5.49. The Labute approximate surface area is 169 Å². The summed E-state index contributed by atoms with van der Waals surface area (Å²) in [6.45, 7) is 2.36. The molecule has 136 valence electrons. The zero-order valence-corrected chi connectivity index (χ0v) is 18.6. The molecule has 0 aliphatic carbocycles. The van der Waals surface area contributed by atoms with E-state index in [4.69, 9.17) is 0 Å². The standard InChI is InChI=1S/C15H23BrN4O2S.HI/c1-17-15(18-8-10-20-9-5-11-23(20,21)22)19(2)12-13-6-3-4-7-14(13)16;/h3-4,6-7H,5,8-12H2,1-2H3,(H,17,18);1H. The summed E-state index contributed by atoms with van der Waals surface area (Å²) >= 11 is 3.55. The van der Waals surface area contributed by atoms with Gasteiger partial charge in [0.15, 0.2) is 5.96 Å². The van der Waals surface area contributed by atoms with Crippen LogP contribution < -0.4 is 5.32 Å². The summed E-state index contributed by atoms with van der Waals surface area (Å²) in [6, 6.07) is 8.06. The van der Waals surface area contributed by atoms with Crippen LogP contribution in [0, 0.1) is 0 Å². The lowest BCUT2D eigenvalue weighted by molar-refractivity contribution is 0.432. The van der Waals surface area contributed by atoms with E-state index in [9.17, 15) is 8.42 Å². The Morgan fingerprint density at radius 1 is 1.42 bits per heavy atom. The highest BCUT2D eigenvalue weighted by atomic mass is 127. The second kappa shape index (κ2) is 9.93. The Bertz CT molecular complexity index is 669. The average molecular weight is 531 g/mol. The molecule has 1 saturated heterocycles. The van der Waals surface area contributed by atoms with Gasteiger partial charge < -0.3 is 10.2 Å². The molecule has 6 nitrogen and oxygen atoms in total. The first kappa shape index (κ1) is 21.7. The van der Waals surface area contributed by atoms with Crippen LogP contribution in [0.2, 0.25) is 0 Å². The van der Waals surface area contributed by atoms with Crippen LogP contribution in [0.15, 0.2) is 33.7 Å². The van der Waals surface area contributed by atoms with Gasteiger partial charge in [-0.25, -0.2) is 12.7 Å². The van der Waals surface area contributed by atoms with E-state index >= 15 is 0 Å². The molecule has 1 aromatic carbocycles. The number of sulfonamides is 1. The van der Waals surface area contributed by atoms with Crippen LogP contribution in [0.25, 0.3) is 0 Å². The molecule has 1 aliphatic heterocycles. The number of halogens is 2. The third-order valence-corrected chi connectivity index (χ3v) is 6.52. The van der Waals surface area contributed by atoms with Crippen molar-refractivity contribution >= 4 is 55.9 Å². The molecule has 0 spiro atoms. The van der Waals surface area contributed by atoms with Crippen LogP contribution in [-0.4, -0.2) is 63.1 Å². The topological polar surface area (TPSA) is 65.0 Å². The maximum absolute atomic E-state index is 11.8. The minimum Gasteiger partial charge on any atom is -0.355 e. The highest BCUT2D eigenvalue weighted by molar-refractivity contribution is 14.0. The van der Waals surface area contributed by atoms with E-state index in [2.05, 4.69) is 32.3 Å². The molecule has 9 heteroatoms. The lowest BCUT2D eigenvalue weighted by atomic mass is 10.2. The molecule has 1 N–H and O–H groups in total. The highest BCUT2D eigenvalue weighted by Gasteiger charge is 2.27. The van der Waals surface area contributed by atoms with Crippen molar-refractivity contribution in [3.05, 3.63) is 34.3 Å². The summed E-state index contributed by atoms with van der Waals surface area (Å²) in [5.41, 5.74) is 1.17. The third-order valence-electron chi connectivity index (χ3n) is 3.79. The predicted molar refractivity (Wildman–Crippen MR) is 112 cm³/mol. The van der Waals surface area contributed by atoms with Gasteiger partial charge in [0.05, 0.1) is 5.75 Å². The maximum Gasteiger partial charge on any atom is 0.214 e. The van der Waals surface area contributed by atoms with E-state index in [0.29, 0.717) is 26.2 Å². The number of nitrogens with zero attached hydrogens (tertiary/aromatic N) is 3. The second-order valence-corrected chi connectivity index (χ2v) is 8.43. The van der Waals surface area contributed by atoms with Crippen LogP contribution >= 0.6 is 39.9 Å². The molecule has 24 heavy (non-hydrogen) atoms. The van der Waals surface area contributed by atoms with Crippen molar-refractivity contribution < 1.29 is 8.42 Å². The van der Waals surface area contributed by atoms with Gasteiger partial charge in [0, 0.05) is 44.7 Å². The van der Waals surface area contributed by atoms with Crippen molar-refractivity contribution in [3.8, 4) is 0 Å². The fraction of sp³-hybridized carbons (Fsp3) is 0.533. The van der Waals surface area contributed by atoms with Crippen LogP contribution in [-0.2, 0) is 16.6 Å². The number of nitrogens with one attached hydrogen (secondary N) is 1. The largest absolute Gasteiger partial charge is 0.355 e.